The molecule has 0 unspecified atom stereocenters. The van der Waals surface area contributed by atoms with E-state index >= 15 is 0 Å². The summed E-state index contributed by atoms with van der Waals surface area (Å²) >= 11 is 0.799. The minimum absolute atomic E-state index is 0.0941. The second kappa shape index (κ2) is 8.37. The van der Waals surface area contributed by atoms with Crippen LogP contribution < -0.4 is 10.0 Å². The maximum absolute atomic E-state index is 14.0. The molecule has 1 aromatic carbocycles. The number of sulfonamides is 1. The zero-order valence-electron chi connectivity index (χ0n) is 17.2. The molecule has 7 nitrogen and oxygen atoms in total. The summed E-state index contributed by atoms with van der Waals surface area (Å²) in [6, 6.07) is 1.69. The third-order valence-corrected chi connectivity index (χ3v) is 6.80. The molecule has 2 amide bonds. The fraction of sp³-hybridized carbons (Fsp3) is 0.474. The Labute approximate surface area is 174 Å². The lowest BCUT2D eigenvalue weighted by molar-refractivity contribution is 0.0741. The molecule has 160 valence electrons. The lowest BCUT2D eigenvalue weighted by Crippen LogP contribution is -2.35. The Hall–Kier alpha value is -2.04. The van der Waals surface area contributed by atoms with Gasteiger partial charge in [-0.3, -0.25) is 0 Å². The van der Waals surface area contributed by atoms with Crippen LogP contribution in [0.2, 0.25) is 0 Å². The summed E-state index contributed by atoms with van der Waals surface area (Å²) in [6.45, 7) is 10.4. The number of anilines is 1. The highest BCUT2D eigenvalue weighted by atomic mass is 32.2. The van der Waals surface area contributed by atoms with E-state index in [0.29, 0.717) is 16.8 Å². The Bertz CT molecular complexity index is 980. The van der Waals surface area contributed by atoms with E-state index in [1.165, 1.54) is 31.4 Å². The van der Waals surface area contributed by atoms with Crippen LogP contribution in [0.25, 0.3) is 0 Å². The van der Waals surface area contributed by atoms with Gasteiger partial charge >= 0.3 is 6.03 Å². The van der Waals surface area contributed by atoms with Crippen molar-refractivity contribution in [3.8, 4) is 0 Å². The number of rotatable bonds is 6. The van der Waals surface area contributed by atoms with Gasteiger partial charge in [-0.15, -0.1) is 11.3 Å². The molecule has 1 aromatic heterocycles. The van der Waals surface area contributed by atoms with Crippen LogP contribution in [0.4, 0.5) is 14.9 Å². The summed E-state index contributed by atoms with van der Waals surface area (Å²) < 4.78 is 40.6. The van der Waals surface area contributed by atoms with E-state index in [1.54, 1.807) is 0 Å². The molecule has 0 saturated heterocycles. The lowest BCUT2D eigenvalue weighted by Gasteiger charge is -2.20. The third-order valence-electron chi connectivity index (χ3n) is 4.21. The predicted molar refractivity (Wildman–Crippen MR) is 111 cm³/mol. The van der Waals surface area contributed by atoms with Gasteiger partial charge in [0.1, 0.15) is 11.4 Å². The van der Waals surface area contributed by atoms with Crippen LogP contribution in [0.5, 0.6) is 0 Å². The molecule has 0 fully saturated rings. The molecule has 3 N–H and O–H groups in total. The van der Waals surface area contributed by atoms with Crippen molar-refractivity contribution in [2.24, 2.45) is 0 Å². The third kappa shape index (κ3) is 5.52. The van der Waals surface area contributed by atoms with Crippen molar-refractivity contribution in [1.29, 1.82) is 0 Å². The zero-order valence-corrected chi connectivity index (χ0v) is 18.8. The maximum atomic E-state index is 14.0. The first-order chi connectivity index (χ1) is 13.2. The lowest BCUT2D eigenvalue weighted by atomic mass is 9.92. The number of nitrogens with zero attached hydrogens (tertiary/aromatic N) is 1. The van der Waals surface area contributed by atoms with Crippen molar-refractivity contribution in [2.75, 3.05) is 5.32 Å². The second-order valence-corrected chi connectivity index (χ2v) is 10.6. The molecule has 0 aliphatic rings. The van der Waals surface area contributed by atoms with Crippen LogP contribution in [-0.2, 0) is 15.6 Å². The number of thiazole rings is 1. The van der Waals surface area contributed by atoms with Crippen molar-refractivity contribution >= 4 is 33.1 Å². The predicted octanol–water partition coefficient (Wildman–Crippen LogP) is 4.27. The number of aromatic nitrogens is 1. The Morgan fingerprint density at radius 2 is 1.69 bits per heavy atom. The topological polar surface area (TPSA) is 108 Å². The SMILES string of the molecule is CC(C)c1cc(F)cc(C(C)C)c1NC(=O)NS(=O)(=O)c1nc(C(C)(C)O)cs1. The smallest absolute Gasteiger partial charge is 0.333 e. The van der Waals surface area contributed by atoms with Crippen molar-refractivity contribution in [3.05, 3.63) is 40.2 Å². The summed E-state index contributed by atoms with van der Waals surface area (Å²) in [5.41, 5.74) is 0.407. The quantitative estimate of drug-likeness (QED) is 0.618. The summed E-state index contributed by atoms with van der Waals surface area (Å²) in [6.07, 6.45) is 0. The largest absolute Gasteiger partial charge is 0.384 e. The first-order valence-corrected chi connectivity index (χ1v) is 11.4. The van der Waals surface area contributed by atoms with E-state index in [1.807, 2.05) is 32.4 Å². The van der Waals surface area contributed by atoms with Crippen LogP contribution in [0.3, 0.4) is 0 Å². The van der Waals surface area contributed by atoms with Gasteiger partial charge in [-0.2, -0.15) is 8.42 Å². The number of carbonyl (C=O) groups is 1. The molecule has 0 radical (unpaired) electrons. The van der Waals surface area contributed by atoms with Crippen molar-refractivity contribution in [3.63, 3.8) is 0 Å². The molecule has 0 aliphatic carbocycles. The summed E-state index contributed by atoms with van der Waals surface area (Å²) in [5, 5.41) is 13.9. The number of hydrogen-bond acceptors (Lipinski definition) is 6. The number of amides is 2. The van der Waals surface area contributed by atoms with Gasteiger partial charge in [0.15, 0.2) is 0 Å². The normalized spacial score (nSPS) is 12.5. The van der Waals surface area contributed by atoms with E-state index < -0.39 is 27.5 Å². The van der Waals surface area contributed by atoms with Crippen molar-refractivity contribution < 1.29 is 22.7 Å². The monoisotopic (exact) mass is 443 g/mol. The molecule has 2 rings (SSSR count). The molecule has 29 heavy (non-hydrogen) atoms. The fourth-order valence-corrected chi connectivity index (χ4v) is 4.75. The molecular formula is C19H26FN3O4S2. The molecule has 0 aliphatic heterocycles. The standard InChI is InChI=1S/C19H26FN3O4S2/c1-10(2)13-7-12(20)8-14(11(3)4)16(13)22-17(24)23-29(26,27)18-21-15(9-28-18)19(5,6)25/h7-11,25H,1-6H3,(H2,22,23,24). The summed E-state index contributed by atoms with van der Waals surface area (Å²) in [4.78, 5) is 16.4. The van der Waals surface area contributed by atoms with Crippen molar-refractivity contribution in [2.45, 2.75) is 63.3 Å². The number of nitrogens with one attached hydrogen (secondary N) is 2. The molecule has 0 saturated carbocycles. The van der Waals surface area contributed by atoms with Gasteiger partial charge in [0.2, 0.25) is 4.34 Å². The van der Waals surface area contributed by atoms with Crippen LogP contribution in [0.1, 0.15) is 70.2 Å². The van der Waals surface area contributed by atoms with Crippen LogP contribution in [0.15, 0.2) is 21.9 Å². The highest BCUT2D eigenvalue weighted by Crippen LogP contribution is 2.33. The van der Waals surface area contributed by atoms with Crippen LogP contribution in [0, 0.1) is 5.82 Å². The average molecular weight is 444 g/mol. The van der Waals surface area contributed by atoms with Gasteiger partial charge in [0, 0.05) is 11.1 Å². The minimum atomic E-state index is -4.23. The number of hydrogen-bond donors (Lipinski definition) is 3. The van der Waals surface area contributed by atoms with E-state index in [4.69, 9.17) is 0 Å². The Morgan fingerprint density at radius 3 is 2.10 bits per heavy atom. The number of urea groups is 1. The zero-order chi connectivity index (χ0) is 22.1. The van der Waals surface area contributed by atoms with Gasteiger partial charge in [0.25, 0.3) is 10.0 Å². The highest BCUT2D eigenvalue weighted by Gasteiger charge is 2.27. The molecule has 0 spiro atoms. The Balaban J connectivity index is 2.32. The van der Waals surface area contributed by atoms with E-state index in [0.717, 1.165) is 11.3 Å². The summed E-state index contributed by atoms with van der Waals surface area (Å²) in [7, 11) is -4.23. The molecule has 0 atom stereocenters. The van der Waals surface area contributed by atoms with Gasteiger partial charge in [-0.25, -0.2) is 18.9 Å². The maximum Gasteiger partial charge on any atom is 0.333 e. The van der Waals surface area contributed by atoms with E-state index in [-0.39, 0.29) is 21.9 Å². The molecule has 2 aromatic rings. The van der Waals surface area contributed by atoms with E-state index in [2.05, 4.69) is 10.3 Å². The fourth-order valence-electron chi connectivity index (χ4n) is 2.67. The molecular weight excluding hydrogens is 417 g/mol. The average Bonchev–Trinajstić information content (AvgIpc) is 3.06. The first-order valence-electron chi connectivity index (χ1n) is 9.08. The van der Waals surface area contributed by atoms with Crippen LogP contribution in [-0.4, -0.2) is 24.5 Å². The number of carbonyl (C=O) groups excluding carboxylic acids is 1. The van der Waals surface area contributed by atoms with Crippen molar-refractivity contribution in [1.82, 2.24) is 9.71 Å². The Morgan fingerprint density at radius 1 is 1.17 bits per heavy atom. The molecule has 0 bridgehead atoms. The minimum Gasteiger partial charge on any atom is -0.384 e. The van der Waals surface area contributed by atoms with Gasteiger partial charge in [-0.1, -0.05) is 27.7 Å². The van der Waals surface area contributed by atoms with Gasteiger partial charge in [-0.05, 0) is 48.9 Å². The number of benzene rings is 1. The number of aliphatic hydroxyl groups is 1. The second-order valence-electron chi connectivity index (χ2n) is 7.89. The van der Waals surface area contributed by atoms with E-state index in [9.17, 15) is 22.7 Å². The molecule has 1 heterocycles. The number of halogens is 1. The highest BCUT2D eigenvalue weighted by molar-refractivity contribution is 7.92. The van der Waals surface area contributed by atoms with Gasteiger partial charge in [0.05, 0.1) is 5.69 Å². The molecule has 10 heteroatoms. The summed E-state index contributed by atoms with van der Waals surface area (Å²) in [5.74, 6) is -0.607. The van der Waals surface area contributed by atoms with Gasteiger partial charge < -0.3 is 10.4 Å². The first kappa shape index (κ1) is 23.2. The Kier molecular flexibility index (Phi) is 6.71. The van der Waals surface area contributed by atoms with Crippen LogP contribution >= 0.6 is 11.3 Å².